The molecule has 1 amide bonds. The summed E-state index contributed by atoms with van der Waals surface area (Å²) in [4.78, 5) is 14.2. The first kappa shape index (κ1) is 21.6. The van der Waals surface area contributed by atoms with Crippen LogP contribution in [0, 0.1) is 5.82 Å². The fourth-order valence-corrected chi connectivity index (χ4v) is 6.39. The van der Waals surface area contributed by atoms with E-state index < -0.39 is 16.1 Å². The first-order chi connectivity index (χ1) is 14.9. The number of carbonyl (C=O) groups excluding carboxylic acids is 1. The Labute approximate surface area is 185 Å². The lowest BCUT2D eigenvalue weighted by atomic mass is 10.0. The van der Waals surface area contributed by atoms with E-state index in [1.54, 1.807) is 17.5 Å². The third kappa shape index (κ3) is 4.85. The molecule has 0 spiro atoms. The molecular formula is C22H23FN3O3S2+. The highest BCUT2D eigenvalue weighted by molar-refractivity contribution is 7.91. The number of rotatable bonds is 6. The number of hydrogen-bond donors (Lipinski definition) is 2. The molecule has 1 aromatic heterocycles. The Balaban J connectivity index is 1.52. The highest BCUT2D eigenvalue weighted by atomic mass is 32.2. The highest BCUT2D eigenvalue weighted by Gasteiger charge is 2.37. The highest BCUT2D eigenvalue weighted by Crippen LogP contribution is 2.21. The van der Waals surface area contributed by atoms with E-state index in [1.165, 1.54) is 39.9 Å². The molecule has 2 aromatic carbocycles. The molecule has 2 N–H and O–H groups in total. The molecule has 162 valence electrons. The van der Waals surface area contributed by atoms with Gasteiger partial charge in [-0.05, 0) is 35.7 Å². The number of amides is 1. The number of hydrogen-bond acceptors (Lipinski definition) is 4. The summed E-state index contributed by atoms with van der Waals surface area (Å²) < 4.78 is 40.7. The van der Waals surface area contributed by atoms with Crippen LogP contribution in [-0.2, 0) is 14.8 Å². The van der Waals surface area contributed by atoms with Crippen LogP contribution in [0.5, 0.6) is 0 Å². The number of nitrogens with one attached hydrogen (secondary N) is 2. The minimum absolute atomic E-state index is 0.206. The van der Waals surface area contributed by atoms with Gasteiger partial charge in [-0.3, -0.25) is 4.79 Å². The summed E-state index contributed by atoms with van der Waals surface area (Å²) in [7, 11) is -3.50. The van der Waals surface area contributed by atoms with E-state index in [-0.39, 0.29) is 11.7 Å². The fourth-order valence-electron chi connectivity index (χ4n) is 3.81. The molecule has 1 aliphatic rings. The van der Waals surface area contributed by atoms with Crippen LogP contribution in [0.2, 0.25) is 0 Å². The largest absolute Gasteiger partial charge is 0.321 e. The van der Waals surface area contributed by atoms with Crippen molar-refractivity contribution in [3.63, 3.8) is 0 Å². The first-order valence-corrected chi connectivity index (χ1v) is 12.3. The van der Waals surface area contributed by atoms with Gasteiger partial charge in [-0.2, -0.15) is 4.31 Å². The molecule has 1 fully saturated rings. The summed E-state index contributed by atoms with van der Waals surface area (Å²) >= 11 is 1.21. The molecule has 1 saturated heterocycles. The Hall–Kier alpha value is -2.59. The van der Waals surface area contributed by atoms with E-state index >= 15 is 0 Å². The van der Waals surface area contributed by atoms with E-state index in [2.05, 4.69) is 5.32 Å². The number of nitrogens with zero attached hydrogens (tertiary/aromatic N) is 1. The number of quaternary nitrogens is 1. The van der Waals surface area contributed by atoms with Gasteiger partial charge in [-0.15, -0.1) is 11.3 Å². The van der Waals surface area contributed by atoms with Gasteiger partial charge in [0.2, 0.25) is 0 Å². The summed E-state index contributed by atoms with van der Waals surface area (Å²) in [6.45, 7) is 1.67. The molecule has 0 bridgehead atoms. The second kappa shape index (κ2) is 9.27. The molecule has 0 saturated carbocycles. The van der Waals surface area contributed by atoms with Crippen molar-refractivity contribution < 1.29 is 22.5 Å². The smallest absolute Gasteiger partial charge is 0.287 e. The van der Waals surface area contributed by atoms with Crippen molar-refractivity contribution in [2.75, 3.05) is 31.5 Å². The minimum Gasteiger partial charge on any atom is -0.321 e. The maximum atomic E-state index is 13.2. The van der Waals surface area contributed by atoms with Crippen LogP contribution in [-0.4, -0.2) is 44.8 Å². The van der Waals surface area contributed by atoms with Gasteiger partial charge < -0.3 is 10.2 Å². The maximum Gasteiger partial charge on any atom is 0.287 e. The molecule has 0 radical (unpaired) electrons. The Morgan fingerprint density at radius 2 is 1.68 bits per heavy atom. The van der Waals surface area contributed by atoms with E-state index in [1.807, 2.05) is 30.3 Å². The van der Waals surface area contributed by atoms with Crippen molar-refractivity contribution in [3.8, 4) is 0 Å². The van der Waals surface area contributed by atoms with Crippen molar-refractivity contribution in [1.29, 1.82) is 0 Å². The lowest BCUT2D eigenvalue weighted by molar-refractivity contribution is -0.925. The number of piperazine rings is 1. The zero-order chi connectivity index (χ0) is 21.8. The van der Waals surface area contributed by atoms with Gasteiger partial charge in [0.15, 0.2) is 6.04 Å². The third-order valence-corrected chi connectivity index (χ3v) is 8.64. The van der Waals surface area contributed by atoms with E-state index in [0.717, 1.165) is 10.5 Å². The molecule has 1 aliphatic heterocycles. The number of sulfonamides is 1. The van der Waals surface area contributed by atoms with E-state index in [9.17, 15) is 17.6 Å². The lowest BCUT2D eigenvalue weighted by Gasteiger charge is -2.35. The second-order valence-electron chi connectivity index (χ2n) is 7.33. The van der Waals surface area contributed by atoms with Gasteiger partial charge >= 0.3 is 0 Å². The molecule has 31 heavy (non-hydrogen) atoms. The average Bonchev–Trinajstić information content (AvgIpc) is 3.33. The summed E-state index contributed by atoms with van der Waals surface area (Å²) in [5, 5.41) is 4.62. The van der Waals surface area contributed by atoms with Crippen molar-refractivity contribution in [3.05, 3.63) is 83.5 Å². The fraction of sp³-hybridized carbons (Fsp3) is 0.227. The van der Waals surface area contributed by atoms with Crippen molar-refractivity contribution in [2.24, 2.45) is 0 Å². The van der Waals surface area contributed by atoms with Crippen molar-refractivity contribution in [2.45, 2.75) is 10.3 Å². The number of halogens is 1. The summed E-state index contributed by atoms with van der Waals surface area (Å²) in [6, 6.07) is 17.9. The van der Waals surface area contributed by atoms with Crippen LogP contribution in [0.15, 0.2) is 76.3 Å². The molecule has 4 rings (SSSR count). The summed E-state index contributed by atoms with van der Waals surface area (Å²) in [5.74, 6) is -0.575. The van der Waals surface area contributed by atoms with Crippen LogP contribution in [0.1, 0.15) is 11.6 Å². The van der Waals surface area contributed by atoms with Crippen LogP contribution in [0.4, 0.5) is 10.1 Å². The minimum atomic E-state index is -3.50. The quantitative estimate of drug-likeness (QED) is 0.592. The third-order valence-electron chi connectivity index (χ3n) is 5.37. The molecule has 3 aromatic rings. The Morgan fingerprint density at radius 1 is 1.00 bits per heavy atom. The van der Waals surface area contributed by atoms with Crippen molar-refractivity contribution in [1.82, 2.24) is 4.31 Å². The maximum absolute atomic E-state index is 13.2. The van der Waals surface area contributed by atoms with Gasteiger partial charge in [0.25, 0.3) is 15.9 Å². The Kier molecular flexibility index (Phi) is 6.47. The molecule has 0 aliphatic carbocycles. The van der Waals surface area contributed by atoms with Crippen LogP contribution < -0.4 is 10.2 Å². The lowest BCUT2D eigenvalue weighted by Crippen LogP contribution is -3.16. The van der Waals surface area contributed by atoms with Gasteiger partial charge in [-0.1, -0.05) is 36.4 Å². The Morgan fingerprint density at radius 3 is 2.29 bits per heavy atom. The molecular weight excluding hydrogens is 437 g/mol. The van der Waals surface area contributed by atoms with Gasteiger partial charge in [-0.25, -0.2) is 12.8 Å². The summed E-state index contributed by atoms with van der Waals surface area (Å²) in [5.41, 5.74) is 1.37. The topological polar surface area (TPSA) is 70.9 Å². The predicted molar refractivity (Wildman–Crippen MR) is 118 cm³/mol. The zero-order valence-electron chi connectivity index (χ0n) is 16.7. The Bertz CT molecular complexity index is 1110. The van der Waals surface area contributed by atoms with E-state index in [0.29, 0.717) is 36.1 Å². The number of thiophene rings is 1. The predicted octanol–water partition coefficient (Wildman–Crippen LogP) is 2.16. The monoisotopic (exact) mass is 460 g/mol. The standard InChI is InChI=1S/C22H22FN3O3S2/c23-18-8-10-19(11-9-18)24-22(27)21(17-5-2-1-3-6-17)25-12-14-26(15-13-25)31(28,29)20-7-4-16-30-20/h1-11,16,21H,12-15H2,(H,24,27)/p+1/t21-/m1/s1. The molecule has 2 heterocycles. The molecule has 9 heteroatoms. The second-order valence-corrected chi connectivity index (χ2v) is 10.4. The number of benzene rings is 2. The molecule has 0 unspecified atom stereocenters. The van der Waals surface area contributed by atoms with Crippen LogP contribution >= 0.6 is 11.3 Å². The average molecular weight is 461 g/mol. The molecule has 1 atom stereocenters. The zero-order valence-corrected chi connectivity index (χ0v) is 18.3. The summed E-state index contributed by atoms with van der Waals surface area (Å²) in [6.07, 6.45) is 0. The van der Waals surface area contributed by atoms with Crippen molar-refractivity contribution >= 4 is 33.0 Å². The van der Waals surface area contributed by atoms with Gasteiger partial charge in [0, 0.05) is 11.3 Å². The van der Waals surface area contributed by atoms with Gasteiger partial charge in [0.05, 0.1) is 26.2 Å². The van der Waals surface area contributed by atoms with Gasteiger partial charge in [0.1, 0.15) is 10.0 Å². The number of anilines is 1. The normalized spacial score (nSPS) is 16.7. The first-order valence-electron chi connectivity index (χ1n) is 9.95. The van der Waals surface area contributed by atoms with Crippen LogP contribution in [0.3, 0.4) is 0 Å². The SMILES string of the molecule is O=C(Nc1ccc(F)cc1)[C@@H](c1ccccc1)[NH+]1CCN(S(=O)(=O)c2cccs2)CC1. The number of carbonyl (C=O) groups is 1. The van der Waals surface area contributed by atoms with E-state index in [4.69, 9.17) is 0 Å². The molecule has 6 nitrogen and oxygen atoms in total. The van der Waals surface area contributed by atoms with Crippen LogP contribution in [0.25, 0.3) is 0 Å².